The Balaban J connectivity index is 2.03. The number of rotatable bonds is 11. The highest BCUT2D eigenvalue weighted by Gasteiger charge is 2.19. The van der Waals surface area contributed by atoms with Gasteiger partial charge in [0, 0.05) is 31.9 Å². The summed E-state index contributed by atoms with van der Waals surface area (Å²) in [5.74, 6) is 0.446. The van der Waals surface area contributed by atoms with E-state index in [-0.39, 0.29) is 18.4 Å². The summed E-state index contributed by atoms with van der Waals surface area (Å²) in [5.41, 5.74) is 1.78. The van der Waals surface area contributed by atoms with Gasteiger partial charge in [0.15, 0.2) is 5.82 Å². The molecule has 2 amide bonds. The van der Waals surface area contributed by atoms with Crippen LogP contribution >= 0.6 is 0 Å². The third-order valence-corrected chi connectivity index (χ3v) is 4.31. The van der Waals surface area contributed by atoms with Crippen LogP contribution in [-0.4, -0.2) is 48.7 Å². The summed E-state index contributed by atoms with van der Waals surface area (Å²) in [7, 11) is 1.61. The number of ether oxygens (including phenoxy) is 1. The summed E-state index contributed by atoms with van der Waals surface area (Å²) in [6, 6.07) is 9.25. The maximum absolute atomic E-state index is 12.9. The van der Waals surface area contributed by atoms with Gasteiger partial charge in [0.2, 0.25) is 5.91 Å². The first-order valence-electron chi connectivity index (χ1n) is 9.63. The molecule has 0 spiro atoms. The first-order valence-corrected chi connectivity index (χ1v) is 9.63. The lowest BCUT2D eigenvalue weighted by Gasteiger charge is -2.22. The second-order valence-electron chi connectivity index (χ2n) is 6.74. The molecule has 0 unspecified atom stereocenters. The van der Waals surface area contributed by atoms with E-state index >= 15 is 0 Å². The van der Waals surface area contributed by atoms with Crippen molar-refractivity contribution in [3.8, 4) is 0 Å². The topological polar surface area (TPSA) is 84.7 Å². The van der Waals surface area contributed by atoms with E-state index in [4.69, 9.17) is 9.26 Å². The van der Waals surface area contributed by atoms with Crippen LogP contribution in [0.3, 0.4) is 0 Å². The van der Waals surface area contributed by atoms with Gasteiger partial charge in [0.05, 0.1) is 0 Å². The molecule has 0 aliphatic carbocycles. The van der Waals surface area contributed by atoms with Crippen molar-refractivity contribution >= 4 is 17.6 Å². The Morgan fingerprint density at radius 2 is 1.96 bits per heavy atom. The predicted octanol–water partition coefficient (Wildman–Crippen LogP) is 3.44. The zero-order valence-corrected chi connectivity index (χ0v) is 16.9. The normalized spacial score (nSPS) is 10.7. The third-order valence-electron chi connectivity index (χ3n) is 4.31. The fourth-order valence-corrected chi connectivity index (χ4v) is 2.81. The average molecular weight is 387 g/mol. The van der Waals surface area contributed by atoms with E-state index in [1.54, 1.807) is 20.1 Å². The molecule has 7 heteroatoms. The average Bonchev–Trinajstić information content (AvgIpc) is 3.10. The zero-order chi connectivity index (χ0) is 20.4. The van der Waals surface area contributed by atoms with Crippen molar-refractivity contribution in [3.05, 3.63) is 47.2 Å². The molecule has 1 aromatic carbocycles. The number of unbranched alkanes of at least 4 members (excludes halogenated alkanes) is 1. The molecule has 7 nitrogen and oxygen atoms in total. The molecule has 0 aliphatic rings. The largest absolute Gasteiger partial charge is 0.385 e. The van der Waals surface area contributed by atoms with Crippen LogP contribution in [0.4, 0.5) is 5.82 Å². The first kappa shape index (κ1) is 21.6. The maximum atomic E-state index is 12.9. The van der Waals surface area contributed by atoms with Crippen LogP contribution in [-0.2, 0) is 16.0 Å². The number of hydrogen-bond acceptors (Lipinski definition) is 5. The number of nitrogens with zero attached hydrogens (tertiary/aromatic N) is 2. The number of aromatic nitrogens is 1. The van der Waals surface area contributed by atoms with Crippen molar-refractivity contribution in [2.75, 3.05) is 32.1 Å². The first-order chi connectivity index (χ1) is 13.5. The lowest BCUT2D eigenvalue weighted by molar-refractivity contribution is -0.117. The van der Waals surface area contributed by atoms with Crippen LogP contribution in [0, 0.1) is 6.92 Å². The summed E-state index contributed by atoms with van der Waals surface area (Å²) >= 11 is 0. The van der Waals surface area contributed by atoms with Gasteiger partial charge in [0.1, 0.15) is 12.3 Å². The van der Waals surface area contributed by atoms with Crippen molar-refractivity contribution in [2.24, 2.45) is 0 Å². The Labute approximate surface area is 166 Å². The minimum atomic E-state index is -0.321. The quantitative estimate of drug-likeness (QED) is 0.597. The zero-order valence-electron chi connectivity index (χ0n) is 16.9. The van der Waals surface area contributed by atoms with Crippen molar-refractivity contribution < 1.29 is 18.8 Å². The van der Waals surface area contributed by atoms with Gasteiger partial charge in [-0.25, -0.2) is 0 Å². The molecule has 0 bridgehead atoms. The van der Waals surface area contributed by atoms with E-state index in [2.05, 4.69) is 17.4 Å². The van der Waals surface area contributed by atoms with Crippen LogP contribution in [0.2, 0.25) is 0 Å². The Morgan fingerprint density at radius 1 is 1.21 bits per heavy atom. The molecule has 1 aromatic heterocycles. The molecule has 0 aliphatic heterocycles. The molecule has 0 atom stereocenters. The fourth-order valence-electron chi connectivity index (χ4n) is 2.81. The van der Waals surface area contributed by atoms with Gasteiger partial charge < -0.3 is 19.5 Å². The second-order valence-corrected chi connectivity index (χ2v) is 6.74. The molecule has 0 radical (unpaired) electrons. The molecule has 0 saturated carbocycles. The highest BCUT2D eigenvalue weighted by Crippen LogP contribution is 2.12. The molecule has 28 heavy (non-hydrogen) atoms. The summed E-state index contributed by atoms with van der Waals surface area (Å²) in [6.07, 6.45) is 3.90. The van der Waals surface area contributed by atoms with Gasteiger partial charge in [-0.2, -0.15) is 0 Å². The van der Waals surface area contributed by atoms with E-state index in [0.717, 1.165) is 19.3 Å². The summed E-state index contributed by atoms with van der Waals surface area (Å²) in [6.45, 7) is 4.78. The molecule has 152 valence electrons. The molecular weight excluding hydrogens is 358 g/mol. The number of aryl methyl sites for hydroxylation is 2. The SMILES string of the molecule is CCCCc1ccc(C(=O)N(CCCOC)CC(=O)Nc2cc(C)on2)cc1. The number of nitrogens with one attached hydrogen (secondary N) is 1. The fraction of sp³-hybridized carbons (Fsp3) is 0.476. The van der Waals surface area contributed by atoms with Gasteiger partial charge in [-0.05, 0) is 43.9 Å². The van der Waals surface area contributed by atoms with Crippen molar-refractivity contribution in [1.82, 2.24) is 10.1 Å². The highest BCUT2D eigenvalue weighted by atomic mass is 16.5. The predicted molar refractivity (Wildman–Crippen MR) is 107 cm³/mol. The Hall–Kier alpha value is -2.67. The molecule has 1 heterocycles. The van der Waals surface area contributed by atoms with Gasteiger partial charge in [-0.15, -0.1) is 0 Å². The Kier molecular flexibility index (Phi) is 8.68. The monoisotopic (exact) mass is 387 g/mol. The highest BCUT2D eigenvalue weighted by molar-refractivity contribution is 5.99. The number of methoxy groups -OCH3 is 1. The number of carbonyl (C=O) groups excluding carboxylic acids is 2. The van der Waals surface area contributed by atoms with Gasteiger partial charge in [-0.3, -0.25) is 9.59 Å². The van der Waals surface area contributed by atoms with E-state index in [0.29, 0.717) is 36.7 Å². The summed E-state index contributed by atoms with van der Waals surface area (Å²) < 4.78 is 10.0. The molecule has 2 aromatic rings. The Morgan fingerprint density at radius 3 is 2.57 bits per heavy atom. The van der Waals surface area contributed by atoms with Crippen LogP contribution in [0.1, 0.15) is 47.9 Å². The third kappa shape index (κ3) is 6.81. The lowest BCUT2D eigenvalue weighted by Crippen LogP contribution is -2.39. The smallest absolute Gasteiger partial charge is 0.254 e. The van der Waals surface area contributed by atoms with Crippen molar-refractivity contribution in [3.63, 3.8) is 0 Å². The molecule has 2 rings (SSSR count). The summed E-state index contributed by atoms with van der Waals surface area (Å²) in [4.78, 5) is 26.8. The van der Waals surface area contributed by atoms with Gasteiger partial charge >= 0.3 is 0 Å². The van der Waals surface area contributed by atoms with E-state index < -0.39 is 0 Å². The minimum absolute atomic E-state index is 0.0635. The number of benzene rings is 1. The molecular formula is C21H29N3O4. The van der Waals surface area contributed by atoms with Crippen LogP contribution in [0.15, 0.2) is 34.9 Å². The number of anilines is 1. The Bertz CT molecular complexity index is 755. The van der Waals surface area contributed by atoms with Crippen LogP contribution in [0.25, 0.3) is 0 Å². The second kappa shape index (κ2) is 11.2. The number of hydrogen-bond donors (Lipinski definition) is 1. The van der Waals surface area contributed by atoms with Crippen LogP contribution < -0.4 is 5.32 Å². The maximum Gasteiger partial charge on any atom is 0.254 e. The van der Waals surface area contributed by atoms with E-state index in [9.17, 15) is 9.59 Å². The molecule has 0 saturated heterocycles. The number of amides is 2. The van der Waals surface area contributed by atoms with E-state index in [1.807, 2.05) is 24.3 Å². The molecule has 0 fully saturated rings. The lowest BCUT2D eigenvalue weighted by atomic mass is 10.1. The van der Waals surface area contributed by atoms with E-state index in [1.165, 1.54) is 10.5 Å². The van der Waals surface area contributed by atoms with Gasteiger partial charge in [0.25, 0.3) is 5.91 Å². The van der Waals surface area contributed by atoms with Crippen molar-refractivity contribution in [1.29, 1.82) is 0 Å². The minimum Gasteiger partial charge on any atom is -0.385 e. The standard InChI is InChI=1S/C21H29N3O4/c1-4-5-7-17-8-10-18(11-9-17)21(26)24(12-6-13-27-3)15-20(25)22-19-14-16(2)28-23-19/h8-11,14H,4-7,12-13,15H2,1-3H3,(H,22,23,25). The van der Waals surface area contributed by atoms with Gasteiger partial charge in [-0.1, -0.05) is 30.6 Å². The number of carbonyl (C=O) groups is 2. The molecule has 1 N–H and O–H groups in total. The van der Waals surface area contributed by atoms with Crippen molar-refractivity contribution in [2.45, 2.75) is 39.5 Å². The van der Waals surface area contributed by atoms with Crippen LogP contribution in [0.5, 0.6) is 0 Å². The summed E-state index contributed by atoms with van der Waals surface area (Å²) in [5, 5.41) is 6.40.